The van der Waals surface area contributed by atoms with Crippen molar-refractivity contribution in [3.63, 3.8) is 0 Å². The monoisotopic (exact) mass is 466 g/mol. The molecular weight excluding hydrogens is 436 g/mol. The number of nitrogens with zero attached hydrogens (tertiary/aromatic N) is 2. The van der Waals surface area contributed by atoms with Gasteiger partial charge in [-0.1, -0.05) is 48.5 Å². The Labute approximate surface area is 206 Å². The first-order valence-corrected chi connectivity index (χ1v) is 12.0. The summed E-state index contributed by atoms with van der Waals surface area (Å²) < 4.78 is 0. The van der Waals surface area contributed by atoms with Gasteiger partial charge in [-0.3, -0.25) is 4.79 Å². The van der Waals surface area contributed by atoms with E-state index in [1.807, 2.05) is 85.5 Å². The van der Waals surface area contributed by atoms with Gasteiger partial charge in [-0.05, 0) is 73.6 Å². The molecule has 6 nitrogen and oxygen atoms in total. The molecule has 0 unspecified atom stereocenters. The lowest BCUT2D eigenvalue weighted by Crippen LogP contribution is -2.38. The number of anilines is 1. The van der Waals surface area contributed by atoms with Crippen LogP contribution in [0.2, 0.25) is 0 Å². The normalized spacial score (nSPS) is 14.6. The maximum atomic E-state index is 13.2. The van der Waals surface area contributed by atoms with Crippen LogP contribution >= 0.6 is 0 Å². The van der Waals surface area contributed by atoms with Crippen LogP contribution in [0.25, 0.3) is 0 Å². The molecule has 1 aliphatic heterocycles. The molecule has 3 amide bonds. The lowest BCUT2D eigenvalue weighted by atomic mass is 9.89. The smallest absolute Gasteiger partial charge is 0.319 e. The highest BCUT2D eigenvalue weighted by atomic mass is 16.2. The Balaban J connectivity index is 1.36. The van der Waals surface area contributed by atoms with Gasteiger partial charge in [0.15, 0.2) is 0 Å². The summed E-state index contributed by atoms with van der Waals surface area (Å²) in [5, 5.41) is 14.8. The Morgan fingerprint density at radius 2 is 1.69 bits per heavy atom. The van der Waals surface area contributed by atoms with Crippen LogP contribution < -0.4 is 10.6 Å². The number of amides is 3. The van der Waals surface area contributed by atoms with Gasteiger partial charge in [0.25, 0.3) is 5.91 Å². The van der Waals surface area contributed by atoms with Crippen LogP contribution in [-0.2, 0) is 0 Å². The van der Waals surface area contributed by atoms with Gasteiger partial charge in [0.2, 0.25) is 0 Å². The summed E-state index contributed by atoms with van der Waals surface area (Å²) in [6, 6.07) is 24.7. The molecule has 0 bridgehead atoms. The number of nitrogens with one attached hydrogen (secondary N) is 2. The molecule has 1 fully saturated rings. The first-order valence-electron chi connectivity index (χ1n) is 12.0. The second-order valence-corrected chi connectivity index (χ2v) is 9.06. The number of piperidine rings is 1. The molecule has 178 valence electrons. The van der Waals surface area contributed by atoms with E-state index in [-0.39, 0.29) is 18.0 Å². The Bertz CT molecular complexity index is 1220. The van der Waals surface area contributed by atoms with E-state index in [4.69, 9.17) is 5.26 Å². The molecule has 35 heavy (non-hydrogen) atoms. The third kappa shape index (κ3) is 5.88. The van der Waals surface area contributed by atoms with Crippen molar-refractivity contribution in [2.24, 2.45) is 0 Å². The second kappa shape index (κ2) is 10.9. The van der Waals surface area contributed by atoms with E-state index in [2.05, 4.69) is 16.7 Å². The third-order valence-electron chi connectivity index (χ3n) is 6.67. The average molecular weight is 467 g/mol. The van der Waals surface area contributed by atoms with Gasteiger partial charge in [0.05, 0.1) is 17.7 Å². The van der Waals surface area contributed by atoms with Crippen LogP contribution in [0.5, 0.6) is 0 Å². The average Bonchev–Trinajstić information content (AvgIpc) is 2.90. The molecular formula is C29H30N4O2. The number of urea groups is 1. The van der Waals surface area contributed by atoms with Gasteiger partial charge in [0.1, 0.15) is 0 Å². The predicted octanol–water partition coefficient (Wildman–Crippen LogP) is 5.77. The Morgan fingerprint density at radius 1 is 1.00 bits per heavy atom. The summed E-state index contributed by atoms with van der Waals surface area (Å²) in [6.45, 7) is 5.20. The van der Waals surface area contributed by atoms with Crippen LogP contribution in [-0.4, -0.2) is 29.9 Å². The standard InChI is InChI=1S/C29H30N4O2/c1-20-8-11-26(18-27(20)32-29(35)31-21(2)23-6-4-3-5-7-23)28(34)33-16-14-25(15-17-33)24-12-9-22(19-30)10-13-24/h3-13,18,21,25H,14-17H2,1-2H3,(H2,31,32,35)/t21-/m0/s1. The number of rotatable bonds is 5. The van der Waals surface area contributed by atoms with Gasteiger partial charge < -0.3 is 15.5 Å². The molecule has 4 rings (SSSR count). The minimum atomic E-state index is -0.308. The zero-order valence-electron chi connectivity index (χ0n) is 20.1. The number of hydrogen-bond acceptors (Lipinski definition) is 3. The Kier molecular flexibility index (Phi) is 7.47. The molecule has 0 spiro atoms. The minimum absolute atomic E-state index is 0.0237. The zero-order chi connectivity index (χ0) is 24.8. The molecule has 0 saturated carbocycles. The predicted molar refractivity (Wildman–Crippen MR) is 137 cm³/mol. The highest BCUT2D eigenvalue weighted by molar-refractivity contribution is 5.97. The molecule has 0 aliphatic carbocycles. The summed E-state index contributed by atoms with van der Waals surface area (Å²) in [5.74, 6) is 0.363. The summed E-state index contributed by atoms with van der Waals surface area (Å²) >= 11 is 0. The molecule has 3 aromatic rings. The van der Waals surface area contributed by atoms with Crippen molar-refractivity contribution in [3.05, 3.63) is 101 Å². The number of hydrogen-bond donors (Lipinski definition) is 2. The highest BCUT2D eigenvalue weighted by Gasteiger charge is 2.25. The molecule has 1 heterocycles. The highest BCUT2D eigenvalue weighted by Crippen LogP contribution is 2.29. The Hall–Kier alpha value is -4.11. The fourth-order valence-corrected chi connectivity index (χ4v) is 4.50. The number of likely N-dealkylation sites (tertiary alicyclic amines) is 1. The van der Waals surface area contributed by atoms with E-state index in [0.29, 0.717) is 35.8 Å². The molecule has 1 aliphatic rings. The molecule has 1 saturated heterocycles. The van der Waals surface area contributed by atoms with E-state index in [1.54, 1.807) is 6.07 Å². The van der Waals surface area contributed by atoms with Crippen molar-refractivity contribution >= 4 is 17.6 Å². The third-order valence-corrected chi connectivity index (χ3v) is 6.67. The first kappa shape index (κ1) is 24.0. The minimum Gasteiger partial charge on any atom is -0.339 e. The van der Waals surface area contributed by atoms with Crippen molar-refractivity contribution in [1.82, 2.24) is 10.2 Å². The van der Waals surface area contributed by atoms with Gasteiger partial charge in [0, 0.05) is 24.3 Å². The maximum absolute atomic E-state index is 13.2. The summed E-state index contributed by atoms with van der Waals surface area (Å²) in [4.78, 5) is 27.7. The molecule has 1 atom stereocenters. The molecule has 0 radical (unpaired) electrons. The van der Waals surface area contributed by atoms with Crippen LogP contribution in [0.4, 0.5) is 10.5 Å². The summed E-state index contributed by atoms with van der Waals surface area (Å²) in [7, 11) is 0. The fourth-order valence-electron chi connectivity index (χ4n) is 4.50. The molecule has 6 heteroatoms. The topological polar surface area (TPSA) is 85.2 Å². The number of aryl methyl sites for hydroxylation is 1. The number of nitriles is 1. The Morgan fingerprint density at radius 3 is 2.34 bits per heavy atom. The van der Waals surface area contributed by atoms with E-state index in [9.17, 15) is 9.59 Å². The summed E-state index contributed by atoms with van der Waals surface area (Å²) in [6.07, 6.45) is 1.77. The maximum Gasteiger partial charge on any atom is 0.319 e. The number of carbonyl (C=O) groups excluding carboxylic acids is 2. The molecule has 0 aromatic heterocycles. The quantitative estimate of drug-likeness (QED) is 0.501. The van der Waals surface area contributed by atoms with Gasteiger partial charge in [-0.15, -0.1) is 0 Å². The zero-order valence-corrected chi connectivity index (χ0v) is 20.1. The van der Waals surface area contributed by atoms with Crippen molar-refractivity contribution in [2.45, 2.75) is 38.6 Å². The first-order chi connectivity index (χ1) is 16.9. The summed E-state index contributed by atoms with van der Waals surface area (Å²) in [5.41, 5.74) is 4.98. The van der Waals surface area contributed by atoms with E-state index in [0.717, 1.165) is 24.0 Å². The van der Waals surface area contributed by atoms with E-state index >= 15 is 0 Å². The largest absolute Gasteiger partial charge is 0.339 e. The number of benzene rings is 3. The van der Waals surface area contributed by atoms with Gasteiger partial charge in [-0.2, -0.15) is 5.26 Å². The van der Waals surface area contributed by atoms with E-state index < -0.39 is 0 Å². The van der Waals surface area contributed by atoms with Crippen LogP contribution in [0, 0.1) is 18.3 Å². The van der Waals surface area contributed by atoms with Crippen molar-refractivity contribution in [2.75, 3.05) is 18.4 Å². The van der Waals surface area contributed by atoms with E-state index in [1.165, 1.54) is 5.56 Å². The number of carbonyl (C=O) groups is 2. The lowest BCUT2D eigenvalue weighted by Gasteiger charge is -2.32. The van der Waals surface area contributed by atoms with Crippen LogP contribution in [0.1, 0.15) is 64.3 Å². The lowest BCUT2D eigenvalue weighted by molar-refractivity contribution is 0.0713. The van der Waals surface area contributed by atoms with Gasteiger partial charge >= 0.3 is 6.03 Å². The second-order valence-electron chi connectivity index (χ2n) is 9.06. The molecule has 2 N–H and O–H groups in total. The van der Waals surface area contributed by atoms with Crippen molar-refractivity contribution in [3.8, 4) is 6.07 Å². The van der Waals surface area contributed by atoms with Crippen LogP contribution in [0.3, 0.4) is 0 Å². The molecule has 3 aromatic carbocycles. The van der Waals surface area contributed by atoms with Crippen molar-refractivity contribution < 1.29 is 9.59 Å². The van der Waals surface area contributed by atoms with Gasteiger partial charge in [-0.25, -0.2) is 4.79 Å². The fraction of sp³-hybridized carbons (Fsp3) is 0.276. The van der Waals surface area contributed by atoms with Crippen molar-refractivity contribution in [1.29, 1.82) is 5.26 Å². The SMILES string of the molecule is Cc1ccc(C(=O)N2CCC(c3ccc(C#N)cc3)CC2)cc1NC(=O)N[C@@H](C)c1ccccc1. The van der Waals surface area contributed by atoms with Crippen LogP contribution in [0.15, 0.2) is 72.8 Å².